The number of aryl methyl sites for hydroxylation is 3. The van der Waals surface area contributed by atoms with E-state index in [-0.39, 0.29) is 6.04 Å². The first kappa shape index (κ1) is 20.7. The molecule has 0 aromatic heterocycles. The van der Waals surface area contributed by atoms with E-state index in [1.807, 2.05) is 0 Å². The molecule has 0 saturated heterocycles. The molecule has 0 spiro atoms. The maximum Gasteiger partial charge on any atom is 0.0693 e. The van der Waals surface area contributed by atoms with Gasteiger partial charge in [-0.05, 0) is 61.7 Å². The zero-order valence-corrected chi connectivity index (χ0v) is 18.5. The lowest BCUT2D eigenvalue weighted by Crippen LogP contribution is -2.28. The van der Waals surface area contributed by atoms with Gasteiger partial charge in [-0.3, -0.25) is 0 Å². The third-order valence-corrected chi connectivity index (χ3v) is 5.70. The number of nitrogens with zero attached hydrogens (tertiary/aromatic N) is 1. The average molecular weight is 407 g/mol. The summed E-state index contributed by atoms with van der Waals surface area (Å²) < 4.78 is 0. The van der Waals surface area contributed by atoms with E-state index in [4.69, 9.17) is 0 Å². The monoisotopic (exact) mass is 406 g/mol. The molecule has 4 aromatic carbocycles. The fourth-order valence-corrected chi connectivity index (χ4v) is 4.26. The molecule has 0 bridgehead atoms. The van der Waals surface area contributed by atoms with Gasteiger partial charge in [0.05, 0.1) is 6.04 Å². The van der Waals surface area contributed by atoms with Crippen LogP contribution >= 0.6 is 0 Å². The van der Waals surface area contributed by atoms with Crippen molar-refractivity contribution in [1.29, 1.82) is 0 Å². The van der Waals surface area contributed by atoms with Gasteiger partial charge in [0.2, 0.25) is 0 Å². The summed E-state index contributed by atoms with van der Waals surface area (Å²) in [6, 6.07) is 36.6. The van der Waals surface area contributed by atoms with Crippen LogP contribution in [0.3, 0.4) is 0 Å². The number of anilines is 3. The lowest BCUT2D eigenvalue weighted by Gasteiger charge is -2.32. The standard InChI is InChI=1S/C29H30N2/c1-22-19-23(2)29(24(3)20-22)30-28(25-13-7-4-8-14-25)21-31(26-15-9-5-10-16-26)27-17-11-6-12-18-27/h4-20,28,30H,21H2,1-3H3. The van der Waals surface area contributed by atoms with Crippen molar-refractivity contribution in [2.24, 2.45) is 0 Å². The Balaban J connectivity index is 1.74. The van der Waals surface area contributed by atoms with E-state index in [2.05, 4.69) is 134 Å². The van der Waals surface area contributed by atoms with Crippen molar-refractivity contribution in [2.75, 3.05) is 16.8 Å². The SMILES string of the molecule is Cc1cc(C)c(NC(CN(c2ccccc2)c2ccccc2)c2ccccc2)c(C)c1. The van der Waals surface area contributed by atoms with Gasteiger partial charge < -0.3 is 10.2 Å². The molecule has 0 amide bonds. The van der Waals surface area contributed by atoms with Crippen molar-refractivity contribution in [3.05, 3.63) is 125 Å². The molecule has 31 heavy (non-hydrogen) atoms. The van der Waals surface area contributed by atoms with Crippen LogP contribution in [-0.4, -0.2) is 6.54 Å². The van der Waals surface area contributed by atoms with Gasteiger partial charge in [0.25, 0.3) is 0 Å². The van der Waals surface area contributed by atoms with Crippen LogP contribution in [0.4, 0.5) is 17.1 Å². The van der Waals surface area contributed by atoms with E-state index in [0.717, 1.165) is 6.54 Å². The Kier molecular flexibility index (Phi) is 6.37. The third kappa shape index (κ3) is 4.97. The summed E-state index contributed by atoms with van der Waals surface area (Å²) >= 11 is 0. The third-order valence-electron chi connectivity index (χ3n) is 5.70. The molecule has 4 aromatic rings. The minimum absolute atomic E-state index is 0.127. The molecule has 0 aliphatic carbocycles. The highest BCUT2D eigenvalue weighted by molar-refractivity contribution is 5.65. The lowest BCUT2D eigenvalue weighted by molar-refractivity contribution is 0.765. The Labute approximate surface area is 186 Å². The first-order valence-electron chi connectivity index (χ1n) is 10.9. The minimum atomic E-state index is 0.127. The summed E-state index contributed by atoms with van der Waals surface area (Å²) in [5.41, 5.74) is 8.74. The highest BCUT2D eigenvalue weighted by Gasteiger charge is 2.19. The van der Waals surface area contributed by atoms with Gasteiger partial charge in [0.15, 0.2) is 0 Å². The van der Waals surface area contributed by atoms with Crippen LogP contribution in [0.2, 0.25) is 0 Å². The fraction of sp³-hybridized carbons (Fsp3) is 0.172. The highest BCUT2D eigenvalue weighted by atomic mass is 15.2. The summed E-state index contributed by atoms with van der Waals surface area (Å²) in [7, 11) is 0. The van der Waals surface area contributed by atoms with Crippen molar-refractivity contribution in [3.8, 4) is 0 Å². The Hall–Kier alpha value is -3.52. The van der Waals surface area contributed by atoms with Crippen LogP contribution in [0.1, 0.15) is 28.3 Å². The number of rotatable bonds is 7. The molecular formula is C29H30N2. The maximum atomic E-state index is 3.89. The second-order valence-corrected chi connectivity index (χ2v) is 8.16. The van der Waals surface area contributed by atoms with Gasteiger partial charge in [0.1, 0.15) is 0 Å². The molecule has 4 rings (SSSR count). The quantitative estimate of drug-likeness (QED) is 0.340. The predicted molar refractivity (Wildman–Crippen MR) is 133 cm³/mol. The second-order valence-electron chi connectivity index (χ2n) is 8.16. The van der Waals surface area contributed by atoms with Gasteiger partial charge in [-0.2, -0.15) is 0 Å². The van der Waals surface area contributed by atoms with Crippen molar-refractivity contribution in [2.45, 2.75) is 26.8 Å². The van der Waals surface area contributed by atoms with Crippen LogP contribution in [0.25, 0.3) is 0 Å². The number of para-hydroxylation sites is 2. The van der Waals surface area contributed by atoms with Crippen molar-refractivity contribution in [3.63, 3.8) is 0 Å². The van der Waals surface area contributed by atoms with Crippen LogP contribution in [-0.2, 0) is 0 Å². The zero-order chi connectivity index (χ0) is 21.6. The van der Waals surface area contributed by atoms with Gasteiger partial charge >= 0.3 is 0 Å². The molecule has 0 fully saturated rings. The molecule has 2 nitrogen and oxygen atoms in total. The number of hydrogen-bond acceptors (Lipinski definition) is 2. The van der Waals surface area contributed by atoms with E-state index < -0.39 is 0 Å². The Morgan fingerprint density at radius 2 is 1.10 bits per heavy atom. The summed E-state index contributed by atoms with van der Waals surface area (Å²) in [4.78, 5) is 2.39. The first-order valence-corrected chi connectivity index (χ1v) is 10.9. The van der Waals surface area contributed by atoms with E-state index >= 15 is 0 Å². The molecule has 0 radical (unpaired) electrons. The molecule has 0 aliphatic heterocycles. The number of nitrogens with one attached hydrogen (secondary N) is 1. The van der Waals surface area contributed by atoms with E-state index in [1.165, 1.54) is 39.3 Å². The molecular weight excluding hydrogens is 376 g/mol. The summed E-state index contributed by atoms with van der Waals surface area (Å²) in [6.07, 6.45) is 0. The molecule has 1 atom stereocenters. The van der Waals surface area contributed by atoms with Gasteiger partial charge in [-0.1, -0.05) is 84.4 Å². The number of benzene rings is 4. The fourth-order valence-electron chi connectivity index (χ4n) is 4.26. The highest BCUT2D eigenvalue weighted by Crippen LogP contribution is 2.32. The molecule has 156 valence electrons. The summed E-state index contributed by atoms with van der Waals surface area (Å²) in [5, 5.41) is 3.89. The lowest BCUT2D eigenvalue weighted by atomic mass is 10.0. The zero-order valence-electron chi connectivity index (χ0n) is 18.5. The molecule has 0 aliphatic rings. The molecule has 2 heteroatoms. The van der Waals surface area contributed by atoms with E-state index in [9.17, 15) is 0 Å². The van der Waals surface area contributed by atoms with Crippen LogP contribution in [0, 0.1) is 20.8 Å². The van der Waals surface area contributed by atoms with E-state index in [0.29, 0.717) is 0 Å². The molecule has 0 heterocycles. The summed E-state index contributed by atoms with van der Waals surface area (Å²) in [6.45, 7) is 7.35. The molecule has 1 unspecified atom stereocenters. The average Bonchev–Trinajstić information content (AvgIpc) is 2.80. The van der Waals surface area contributed by atoms with Gasteiger partial charge in [0, 0.05) is 23.6 Å². The largest absolute Gasteiger partial charge is 0.376 e. The minimum Gasteiger partial charge on any atom is -0.376 e. The van der Waals surface area contributed by atoms with Gasteiger partial charge in [-0.25, -0.2) is 0 Å². The van der Waals surface area contributed by atoms with Crippen LogP contribution in [0.5, 0.6) is 0 Å². The Morgan fingerprint density at radius 3 is 1.58 bits per heavy atom. The topological polar surface area (TPSA) is 15.3 Å². The summed E-state index contributed by atoms with van der Waals surface area (Å²) in [5.74, 6) is 0. The second kappa shape index (κ2) is 9.53. The van der Waals surface area contributed by atoms with Crippen LogP contribution in [0.15, 0.2) is 103 Å². The maximum absolute atomic E-state index is 3.89. The van der Waals surface area contributed by atoms with Crippen molar-refractivity contribution < 1.29 is 0 Å². The molecule has 0 saturated carbocycles. The number of hydrogen-bond donors (Lipinski definition) is 1. The predicted octanol–water partition coefficient (Wildman–Crippen LogP) is 7.60. The Bertz CT molecular complexity index is 1040. The van der Waals surface area contributed by atoms with Crippen LogP contribution < -0.4 is 10.2 Å². The van der Waals surface area contributed by atoms with Crippen molar-refractivity contribution in [1.82, 2.24) is 0 Å². The van der Waals surface area contributed by atoms with Crippen molar-refractivity contribution >= 4 is 17.1 Å². The molecule has 1 N–H and O–H groups in total. The van der Waals surface area contributed by atoms with E-state index in [1.54, 1.807) is 0 Å². The van der Waals surface area contributed by atoms with Gasteiger partial charge in [-0.15, -0.1) is 0 Å². The first-order chi connectivity index (χ1) is 15.1. The Morgan fingerprint density at radius 1 is 0.645 bits per heavy atom. The smallest absolute Gasteiger partial charge is 0.0693 e. The normalized spacial score (nSPS) is 11.7.